The summed E-state index contributed by atoms with van der Waals surface area (Å²) in [4.78, 5) is 12.6. The molecule has 0 aliphatic carbocycles. The first kappa shape index (κ1) is 15.5. The maximum absolute atomic E-state index is 10.5. The number of hydrogen-bond acceptors (Lipinski definition) is 4. The van der Waals surface area contributed by atoms with Crippen molar-refractivity contribution < 1.29 is 14.6 Å². The lowest BCUT2D eigenvalue weighted by atomic mass is 10.2. The number of nitrogens with zero attached hydrogens (tertiary/aromatic N) is 1. The van der Waals surface area contributed by atoms with Gasteiger partial charge in [0.1, 0.15) is 5.75 Å². The van der Waals surface area contributed by atoms with Crippen molar-refractivity contribution in [3.63, 3.8) is 0 Å². The second-order valence-corrected chi connectivity index (χ2v) is 4.62. The molecular weight excluding hydrogens is 244 g/mol. The summed E-state index contributed by atoms with van der Waals surface area (Å²) in [5.74, 6) is -0.334. The van der Waals surface area contributed by atoms with Crippen LogP contribution in [0.4, 0.5) is 0 Å². The third-order valence-electron chi connectivity index (χ3n) is 2.60. The van der Waals surface area contributed by atoms with Crippen molar-refractivity contribution in [3.05, 3.63) is 29.8 Å². The van der Waals surface area contributed by atoms with Gasteiger partial charge in [-0.05, 0) is 39.7 Å². The van der Waals surface area contributed by atoms with Gasteiger partial charge < -0.3 is 20.1 Å². The number of para-hydroxylation sites is 1. The minimum Gasteiger partial charge on any atom is -0.482 e. The Labute approximate surface area is 114 Å². The number of carboxylic acids is 1. The maximum atomic E-state index is 10.5. The van der Waals surface area contributed by atoms with E-state index in [-0.39, 0.29) is 6.61 Å². The van der Waals surface area contributed by atoms with Crippen LogP contribution in [0.25, 0.3) is 0 Å². The molecule has 1 aromatic carbocycles. The minimum atomic E-state index is -0.964. The first-order chi connectivity index (χ1) is 9.09. The molecule has 0 spiro atoms. The summed E-state index contributed by atoms with van der Waals surface area (Å²) < 4.78 is 5.25. The van der Waals surface area contributed by atoms with Gasteiger partial charge in [0, 0.05) is 12.1 Å². The molecule has 0 atom stereocenters. The Morgan fingerprint density at radius 3 is 2.79 bits per heavy atom. The summed E-state index contributed by atoms with van der Waals surface area (Å²) in [7, 11) is 4.10. The van der Waals surface area contributed by atoms with Gasteiger partial charge in [-0.3, -0.25) is 0 Å². The molecule has 0 aliphatic heterocycles. The van der Waals surface area contributed by atoms with Gasteiger partial charge in [0.05, 0.1) is 0 Å². The Hall–Kier alpha value is -1.59. The maximum Gasteiger partial charge on any atom is 0.341 e. The van der Waals surface area contributed by atoms with E-state index in [1.165, 1.54) is 0 Å². The molecule has 5 nitrogen and oxygen atoms in total. The smallest absolute Gasteiger partial charge is 0.341 e. The highest BCUT2D eigenvalue weighted by Crippen LogP contribution is 2.17. The van der Waals surface area contributed by atoms with Crippen molar-refractivity contribution in [2.24, 2.45) is 0 Å². The van der Waals surface area contributed by atoms with E-state index in [1.807, 2.05) is 18.2 Å². The van der Waals surface area contributed by atoms with Gasteiger partial charge >= 0.3 is 5.97 Å². The van der Waals surface area contributed by atoms with Crippen LogP contribution >= 0.6 is 0 Å². The van der Waals surface area contributed by atoms with Crippen molar-refractivity contribution in [1.29, 1.82) is 0 Å². The Morgan fingerprint density at radius 1 is 1.37 bits per heavy atom. The molecule has 0 unspecified atom stereocenters. The minimum absolute atomic E-state index is 0.308. The average Bonchev–Trinajstić information content (AvgIpc) is 2.36. The van der Waals surface area contributed by atoms with Crippen molar-refractivity contribution in [3.8, 4) is 5.75 Å². The normalized spacial score (nSPS) is 10.7. The van der Waals surface area contributed by atoms with Gasteiger partial charge in [-0.2, -0.15) is 0 Å². The van der Waals surface area contributed by atoms with Crippen LogP contribution in [-0.2, 0) is 11.3 Å². The van der Waals surface area contributed by atoms with E-state index in [4.69, 9.17) is 9.84 Å². The summed E-state index contributed by atoms with van der Waals surface area (Å²) in [6.07, 6.45) is 1.07. The van der Waals surface area contributed by atoms with Crippen molar-refractivity contribution in [2.45, 2.75) is 13.0 Å². The molecular formula is C14H22N2O3. The highest BCUT2D eigenvalue weighted by Gasteiger charge is 2.04. The number of hydrogen-bond donors (Lipinski definition) is 2. The first-order valence-electron chi connectivity index (χ1n) is 6.37. The topological polar surface area (TPSA) is 61.8 Å². The lowest BCUT2D eigenvalue weighted by Gasteiger charge is -2.12. The van der Waals surface area contributed by atoms with Gasteiger partial charge in [0.2, 0.25) is 0 Å². The van der Waals surface area contributed by atoms with Gasteiger partial charge in [-0.15, -0.1) is 0 Å². The second-order valence-electron chi connectivity index (χ2n) is 4.62. The summed E-state index contributed by atoms with van der Waals surface area (Å²) in [6.45, 7) is 2.34. The zero-order chi connectivity index (χ0) is 14.1. The van der Waals surface area contributed by atoms with E-state index >= 15 is 0 Å². The summed E-state index contributed by atoms with van der Waals surface area (Å²) in [5, 5.41) is 11.9. The summed E-state index contributed by atoms with van der Waals surface area (Å²) in [5.41, 5.74) is 0.980. The van der Waals surface area contributed by atoms with Crippen molar-refractivity contribution in [1.82, 2.24) is 10.2 Å². The average molecular weight is 266 g/mol. The number of carbonyl (C=O) groups is 1. The van der Waals surface area contributed by atoms with Crippen LogP contribution in [-0.4, -0.2) is 49.8 Å². The van der Waals surface area contributed by atoms with Gasteiger partial charge in [0.15, 0.2) is 6.61 Å². The first-order valence-corrected chi connectivity index (χ1v) is 6.37. The van der Waals surface area contributed by atoms with Crippen LogP contribution in [0.1, 0.15) is 12.0 Å². The van der Waals surface area contributed by atoms with Gasteiger partial charge in [-0.25, -0.2) is 4.79 Å². The van der Waals surface area contributed by atoms with Crippen molar-refractivity contribution in [2.75, 3.05) is 33.8 Å². The highest BCUT2D eigenvalue weighted by molar-refractivity contribution is 5.68. The number of nitrogens with one attached hydrogen (secondary N) is 1. The molecule has 0 bridgehead atoms. The summed E-state index contributed by atoms with van der Waals surface area (Å²) in [6, 6.07) is 7.49. The fraction of sp³-hybridized carbons (Fsp3) is 0.500. The number of carboxylic acid groups (broad SMARTS) is 1. The van der Waals surface area contributed by atoms with Gasteiger partial charge in [0.25, 0.3) is 0 Å². The van der Waals surface area contributed by atoms with Crippen LogP contribution in [0.3, 0.4) is 0 Å². The SMILES string of the molecule is CN(C)CCCNCc1ccccc1OCC(=O)O. The molecule has 0 saturated carbocycles. The molecule has 2 N–H and O–H groups in total. The molecule has 5 heteroatoms. The predicted octanol–water partition coefficient (Wildman–Crippen LogP) is 1.19. The number of rotatable bonds is 9. The number of benzene rings is 1. The second kappa shape index (κ2) is 8.50. The molecule has 106 valence electrons. The van der Waals surface area contributed by atoms with Crippen LogP contribution in [0, 0.1) is 0 Å². The Balaban J connectivity index is 2.37. The van der Waals surface area contributed by atoms with Crippen LogP contribution in [0.5, 0.6) is 5.75 Å². The quantitative estimate of drug-likeness (QED) is 0.657. The van der Waals surface area contributed by atoms with E-state index in [1.54, 1.807) is 6.07 Å². The fourth-order valence-electron chi connectivity index (χ4n) is 1.67. The van der Waals surface area contributed by atoms with E-state index in [9.17, 15) is 4.79 Å². The van der Waals surface area contributed by atoms with E-state index in [0.29, 0.717) is 12.3 Å². The van der Waals surface area contributed by atoms with E-state index in [0.717, 1.165) is 25.1 Å². The molecule has 1 rings (SSSR count). The van der Waals surface area contributed by atoms with Crippen LogP contribution in [0.15, 0.2) is 24.3 Å². The lowest BCUT2D eigenvalue weighted by Crippen LogP contribution is -2.21. The molecule has 0 saturated heterocycles. The van der Waals surface area contributed by atoms with Crippen LogP contribution < -0.4 is 10.1 Å². The lowest BCUT2D eigenvalue weighted by molar-refractivity contribution is -0.139. The zero-order valence-corrected chi connectivity index (χ0v) is 11.6. The third kappa shape index (κ3) is 6.79. The standard InChI is InChI=1S/C14H22N2O3/c1-16(2)9-5-8-15-10-12-6-3-4-7-13(12)19-11-14(17)18/h3-4,6-7,15H,5,8-11H2,1-2H3,(H,17,18). The highest BCUT2D eigenvalue weighted by atomic mass is 16.5. The van der Waals surface area contributed by atoms with Crippen LogP contribution in [0.2, 0.25) is 0 Å². The molecule has 0 amide bonds. The van der Waals surface area contributed by atoms with E-state index in [2.05, 4.69) is 24.3 Å². The molecule has 0 aliphatic rings. The zero-order valence-electron chi connectivity index (χ0n) is 11.6. The van der Waals surface area contributed by atoms with Crippen molar-refractivity contribution >= 4 is 5.97 Å². The summed E-state index contributed by atoms with van der Waals surface area (Å²) >= 11 is 0. The monoisotopic (exact) mass is 266 g/mol. The predicted molar refractivity (Wildman–Crippen MR) is 74.5 cm³/mol. The molecule has 0 aromatic heterocycles. The molecule has 1 aromatic rings. The largest absolute Gasteiger partial charge is 0.482 e. The molecule has 0 heterocycles. The Morgan fingerprint density at radius 2 is 2.11 bits per heavy atom. The molecule has 0 fully saturated rings. The third-order valence-corrected chi connectivity index (χ3v) is 2.60. The van der Waals surface area contributed by atoms with E-state index < -0.39 is 5.97 Å². The molecule has 19 heavy (non-hydrogen) atoms. The fourth-order valence-corrected chi connectivity index (χ4v) is 1.67. The Bertz CT molecular complexity index is 394. The Kier molecular flexibility index (Phi) is 6.92. The molecule has 0 radical (unpaired) electrons. The number of aliphatic carboxylic acids is 1. The van der Waals surface area contributed by atoms with Gasteiger partial charge in [-0.1, -0.05) is 18.2 Å². The number of ether oxygens (including phenoxy) is 1.